The van der Waals surface area contributed by atoms with Crippen LogP contribution in [0.15, 0.2) is 72.9 Å². The Balaban J connectivity index is 1.75. The molecule has 0 aliphatic carbocycles. The molecule has 3 aromatic carbocycles. The molecule has 1 aromatic heterocycles. The van der Waals surface area contributed by atoms with Gasteiger partial charge in [0.15, 0.2) is 0 Å². The fraction of sp³-hybridized carbons (Fsp3) is 0.136. The van der Waals surface area contributed by atoms with Gasteiger partial charge in [0.2, 0.25) is 0 Å². The highest BCUT2D eigenvalue weighted by molar-refractivity contribution is 5.95. The molecule has 0 aliphatic heterocycles. The van der Waals surface area contributed by atoms with E-state index in [2.05, 4.69) is 71.3 Å². The van der Waals surface area contributed by atoms with Crippen LogP contribution in [0.25, 0.3) is 22.0 Å². The molecule has 0 aliphatic rings. The second-order valence-electron chi connectivity index (χ2n) is 6.20. The summed E-state index contributed by atoms with van der Waals surface area (Å²) in [5.74, 6) is 0.871. The first-order valence-electron chi connectivity index (χ1n) is 8.40. The number of nitrogens with zero attached hydrogens (tertiary/aromatic N) is 2. The zero-order valence-electron chi connectivity index (χ0n) is 14.4. The molecule has 0 N–H and O–H groups in total. The fourth-order valence-electron chi connectivity index (χ4n) is 3.24. The van der Waals surface area contributed by atoms with Crippen LogP contribution >= 0.6 is 0 Å². The molecule has 25 heavy (non-hydrogen) atoms. The van der Waals surface area contributed by atoms with Gasteiger partial charge < -0.3 is 4.74 Å². The van der Waals surface area contributed by atoms with Crippen molar-refractivity contribution >= 4 is 10.9 Å². The Kier molecular flexibility index (Phi) is 3.98. The third-order valence-electron chi connectivity index (χ3n) is 4.61. The normalized spacial score (nSPS) is 11.0. The van der Waals surface area contributed by atoms with Crippen molar-refractivity contribution in [2.45, 2.75) is 13.5 Å². The number of hydrogen-bond acceptors (Lipinski definition) is 2. The zero-order chi connectivity index (χ0) is 17.2. The molecular formula is C22H20N2O. The molecule has 124 valence electrons. The van der Waals surface area contributed by atoms with Gasteiger partial charge >= 0.3 is 0 Å². The van der Waals surface area contributed by atoms with Gasteiger partial charge in [-0.2, -0.15) is 5.10 Å². The van der Waals surface area contributed by atoms with Crippen LogP contribution in [0.3, 0.4) is 0 Å². The summed E-state index contributed by atoms with van der Waals surface area (Å²) in [6, 6.07) is 23.0. The number of ether oxygens (including phenoxy) is 1. The molecule has 0 saturated heterocycles. The van der Waals surface area contributed by atoms with Crippen LogP contribution in [-0.2, 0) is 6.54 Å². The molecule has 0 atom stereocenters. The summed E-state index contributed by atoms with van der Waals surface area (Å²) in [5, 5.41) is 5.82. The minimum absolute atomic E-state index is 0.741. The van der Waals surface area contributed by atoms with Gasteiger partial charge in [-0.3, -0.25) is 4.68 Å². The van der Waals surface area contributed by atoms with Crippen molar-refractivity contribution in [3.8, 4) is 16.9 Å². The van der Waals surface area contributed by atoms with Gasteiger partial charge in [0.05, 0.1) is 25.4 Å². The third kappa shape index (κ3) is 2.89. The average Bonchev–Trinajstić information content (AvgIpc) is 3.06. The van der Waals surface area contributed by atoms with Gasteiger partial charge in [-0.15, -0.1) is 0 Å². The van der Waals surface area contributed by atoms with Crippen molar-refractivity contribution in [3.05, 3.63) is 84.1 Å². The van der Waals surface area contributed by atoms with Crippen LogP contribution in [0.2, 0.25) is 0 Å². The third-order valence-corrected chi connectivity index (χ3v) is 4.61. The topological polar surface area (TPSA) is 27.1 Å². The number of benzene rings is 3. The summed E-state index contributed by atoms with van der Waals surface area (Å²) in [6.45, 7) is 2.89. The Bertz CT molecular complexity index is 1020. The van der Waals surface area contributed by atoms with Gasteiger partial charge in [0.25, 0.3) is 0 Å². The number of fused-ring (bicyclic) bond motifs is 1. The van der Waals surface area contributed by atoms with Gasteiger partial charge in [-0.05, 0) is 47.4 Å². The summed E-state index contributed by atoms with van der Waals surface area (Å²) in [5.41, 5.74) is 6.12. The van der Waals surface area contributed by atoms with E-state index >= 15 is 0 Å². The molecular weight excluding hydrogens is 308 g/mol. The van der Waals surface area contributed by atoms with Crippen molar-refractivity contribution in [3.63, 3.8) is 0 Å². The van der Waals surface area contributed by atoms with Gasteiger partial charge in [-0.1, -0.05) is 48.5 Å². The highest BCUT2D eigenvalue weighted by atomic mass is 16.5. The fourth-order valence-corrected chi connectivity index (χ4v) is 3.24. The van der Waals surface area contributed by atoms with Crippen LogP contribution in [0, 0.1) is 6.92 Å². The molecule has 0 radical (unpaired) electrons. The molecule has 3 nitrogen and oxygen atoms in total. The van der Waals surface area contributed by atoms with Crippen molar-refractivity contribution in [2.75, 3.05) is 7.11 Å². The summed E-state index contributed by atoms with van der Waals surface area (Å²) < 4.78 is 7.28. The van der Waals surface area contributed by atoms with E-state index in [1.165, 1.54) is 27.6 Å². The maximum Gasteiger partial charge on any atom is 0.118 e. The Morgan fingerprint density at radius 2 is 1.64 bits per heavy atom. The first kappa shape index (κ1) is 15.5. The SMILES string of the molecule is COc1ccc(Cn2ncc3c(-c4ccccc4C)cccc32)cc1. The molecule has 0 amide bonds. The maximum absolute atomic E-state index is 5.23. The maximum atomic E-state index is 5.23. The van der Waals surface area contributed by atoms with E-state index in [9.17, 15) is 0 Å². The Morgan fingerprint density at radius 1 is 0.880 bits per heavy atom. The Labute approximate surface area is 147 Å². The quantitative estimate of drug-likeness (QED) is 0.523. The lowest BCUT2D eigenvalue weighted by molar-refractivity contribution is 0.414. The molecule has 4 rings (SSSR count). The van der Waals surface area contributed by atoms with Crippen molar-refractivity contribution in [1.29, 1.82) is 0 Å². The summed E-state index contributed by atoms with van der Waals surface area (Å²) in [6.07, 6.45) is 1.97. The second kappa shape index (κ2) is 6.44. The summed E-state index contributed by atoms with van der Waals surface area (Å²) >= 11 is 0. The first-order chi connectivity index (χ1) is 12.3. The van der Waals surface area contributed by atoms with E-state index in [4.69, 9.17) is 4.74 Å². The summed E-state index contributed by atoms with van der Waals surface area (Å²) in [7, 11) is 1.68. The molecule has 1 heterocycles. The monoisotopic (exact) mass is 328 g/mol. The number of rotatable bonds is 4. The smallest absolute Gasteiger partial charge is 0.118 e. The van der Waals surface area contributed by atoms with E-state index in [-0.39, 0.29) is 0 Å². The second-order valence-corrected chi connectivity index (χ2v) is 6.20. The predicted octanol–water partition coefficient (Wildman–Crippen LogP) is 5.07. The number of hydrogen-bond donors (Lipinski definition) is 0. The highest BCUT2D eigenvalue weighted by Gasteiger charge is 2.10. The molecule has 0 saturated carbocycles. The van der Waals surface area contributed by atoms with Crippen molar-refractivity contribution in [2.24, 2.45) is 0 Å². The van der Waals surface area contributed by atoms with Gasteiger partial charge in [0, 0.05) is 5.39 Å². The molecule has 0 bridgehead atoms. The van der Waals surface area contributed by atoms with E-state index in [1.807, 2.05) is 18.3 Å². The van der Waals surface area contributed by atoms with E-state index in [0.717, 1.165) is 17.8 Å². The lowest BCUT2D eigenvalue weighted by Crippen LogP contribution is -2.01. The molecule has 0 spiro atoms. The average molecular weight is 328 g/mol. The summed E-state index contributed by atoms with van der Waals surface area (Å²) in [4.78, 5) is 0. The number of aryl methyl sites for hydroxylation is 1. The van der Waals surface area contributed by atoms with Crippen LogP contribution < -0.4 is 4.74 Å². The molecule has 3 heteroatoms. The first-order valence-corrected chi connectivity index (χ1v) is 8.40. The van der Waals surface area contributed by atoms with Crippen molar-refractivity contribution in [1.82, 2.24) is 9.78 Å². The van der Waals surface area contributed by atoms with Crippen molar-refractivity contribution < 1.29 is 4.74 Å². The standard InChI is InChI=1S/C22H20N2O/c1-16-6-3-4-7-19(16)20-8-5-9-22-21(20)14-23-24(22)15-17-10-12-18(25-2)13-11-17/h3-14H,15H2,1-2H3. The number of aromatic nitrogens is 2. The Hall–Kier alpha value is -3.07. The lowest BCUT2D eigenvalue weighted by atomic mass is 9.98. The van der Waals surface area contributed by atoms with Crippen LogP contribution in [0.5, 0.6) is 5.75 Å². The predicted molar refractivity (Wildman–Crippen MR) is 102 cm³/mol. The lowest BCUT2D eigenvalue weighted by Gasteiger charge is -2.09. The van der Waals surface area contributed by atoms with E-state index in [0.29, 0.717) is 0 Å². The molecule has 0 unspecified atom stereocenters. The Morgan fingerprint density at radius 3 is 2.40 bits per heavy atom. The van der Waals surface area contributed by atoms with Crippen LogP contribution in [0.1, 0.15) is 11.1 Å². The molecule has 4 aromatic rings. The van der Waals surface area contributed by atoms with Gasteiger partial charge in [-0.25, -0.2) is 0 Å². The number of methoxy groups -OCH3 is 1. The van der Waals surface area contributed by atoms with E-state index < -0.39 is 0 Å². The van der Waals surface area contributed by atoms with Gasteiger partial charge in [0.1, 0.15) is 5.75 Å². The van der Waals surface area contributed by atoms with Crippen LogP contribution in [-0.4, -0.2) is 16.9 Å². The minimum Gasteiger partial charge on any atom is -0.497 e. The minimum atomic E-state index is 0.741. The largest absolute Gasteiger partial charge is 0.497 e. The molecule has 0 fully saturated rings. The zero-order valence-corrected chi connectivity index (χ0v) is 14.4. The van der Waals surface area contributed by atoms with E-state index in [1.54, 1.807) is 7.11 Å². The highest BCUT2D eigenvalue weighted by Crippen LogP contribution is 2.30. The van der Waals surface area contributed by atoms with Crippen LogP contribution in [0.4, 0.5) is 0 Å².